The van der Waals surface area contributed by atoms with Crippen LogP contribution >= 0.6 is 23.2 Å². The molecule has 0 saturated carbocycles. The number of hydrogen-bond acceptors (Lipinski definition) is 1. The normalized spacial score (nSPS) is 24.0. The highest BCUT2D eigenvalue weighted by atomic mass is 35.5. The van der Waals surface area contributed by atoms with Gasteiger partial charge in [-0.1, -0.05) is 29.3 Å². The van der Waals surface area contributed by atoms with Gasteiger partial charge < -0.3 is 5.11 Å². The van der Waals surface area contributed by atoms with Gasteiger partial charge in [-0.25, -0.2) is 0 Å². The summed E-state index contributed by atoms with van der Waals surface area (Å²) in [6, 6.07) is 0. The summed E-state index contributed by atoms with van der Waals surface area (Å²) in [6.07, 6.45) is 3.49. The van der Waals surface area contributed by atoms with Crippen LogP contribution in [0.15, 0.2) is 22.2 Å². The van der Waals surface area contributed by atoms with Gasteiger partial charge in [-0.2, -0.15) is 0 Å². The number of allylic oxidation sites excluding steroid dienone is 3. The van der Waals surface area contributed by atoms with Gasteiger partial charge in [0.05, 0.1) is 16.0 Å². The molecule has 0 fully saturated rings. The molecule has 1 N–H and O–H groups in total. The average molecular weight is 193 g/mol. The maximum atomic E-state index is 10.4. The van der Waals surface area contributed by atoms with Gasteiger partial charge in [-0.15, -0.1) is 0 Å². The fourth-order valence-corrected chi connectivity index (χ4v) is 1.21. The molecule has 0 aromatic carbocycles. The van der Waals surface area contributed by atoms with E-state index >= 15 is 0 Å². The molecule has 0 bridgehead atoms. The number of carboxylic acids is 1. The zero-order valence-corrected chi connectivity index (χ0v) is 7.06. The number of hydrogen-bond donors (Lipinski definition) is 1. The third-order valence-electron chi connectivity index (χ3n) is 1.44. The number of aliphatic carboxylic acids is 1. The minimum Gasteiger partial charge on any atom is -0.481 e. The second kappa shape index (κ2) is 3.28. The van der Waals surface area contributed by atoms with Crippen LogP contribution < -0.4 is 0 Å². The molecule has 1 aliphatic rings. The Kier molecular flexibility index (Phi) is 2.58. The van der Waals surface area contributed by atoms with Crippen LogP contribution in [0.25, 0.3) is 0 Å². The van der Waals surface area contributed by atoms with Crippen LogP contribution in [0.5, 0.6) is 0 Å². The van der Waals surface area contributed by atoms with Crippen molar-refractivity contribution in [2.75, 3.05) is 0 Å². The molecule has 0 spiro atoms. The smallest absolute Gasteiger partial charge is 0.310 e. The highest BCUT2D eigenvalue weighted by Crippen LogP contribution is 2.28. The highest BCUT2D eigenvalue weighted by Gasteiger charge is 2.18. The van der Waals surface area contributed by atoms with Crippen molar-refractivity contribution in [3.63, 3.8) is 0 Å². The number of halogens is 2. The van der Waals surface area contributed by atoms with Crippen molar-refractivity contribution in [3.8, 4) is 0 Å². The average Bonchev–Trinajstić information content (AvgIpc) is 1.94. The third-order valence-corrected chi connectivity index (χ3v) is 2.23. The minimum absolute atomic E-state index is 0.324. The monoisotopic (exact) mass is 192 g/mol. The molecule has 0 aliphatic heterocycles. The van der Waals surface area contributed by atoms with E-state index in [0.29, 0.717) is 16.5 Å². The standard InChI is InChI=1S/C7H6Cl2O2/c8-5-2-1-4(7(10)11)3-6(5)9/h2-4H,1H2,(H,10,11). The SMILES string of the molecule is O=C(O)C1C=C(Cl)C(Cl)=CC1. The van der Waals surface area contributed by atoms with Gasteiger partial charge in [0, 0.05) is 0 Å². The molecule has 60 valence electrons. The van der Waals surface area contributed by atoms with Gasteiger partial charge in [0.2, 0.25) is 0 Å². The molecule has 0 aromatic heterocycles. The Bertz CT molecular complexity index is 243. The Morgan fingerprint density at radius 3 is 2.64 bits per heavy atom. The predicted octanol–water partition coefficient (Wildman–Crippen LogP) is 2.34. The molecule has 0 radical (unpaired) electrons. The highest BCUT2D eigenvalue weighted by molar-refractivity contribution is 6.44. The lowest BCUT2D eigenvalue weighted by Crippen LogP contribution is -2.12. The number of carbonyl (C=O) groups is 1. The molecule has 2 nitrogen and oxygen atoms in total. The molecule has 11 heavy (non-hydrogen) atoms. The van der Waals surface area contributed by atoms with Crippen LogP contribution in [0.2, 0.25) is 0 Å². The van der Waals surface area contributed by atoms with E-state index < -0.39 is 11.9 Å². The fraction of sp³-hybridized carbons (Fsp3) is 0.286. The van der Waals surface area contributed by atoms with Crippen molar-refractivity contribution in [3.05, 3.63) is 22.2 Å². The van der Waals surface area contributed by atoms with E-state index in [0.717, 1.165) is 0 Å². The van der Waals surface area contributed by atoms with Crippen molar-refractivity contribution in [2.45, 2.75) is 6.42 Å². The molecule has 0 aromatic rings. The van der Waals surface area contributed by atoms with Crippen LogP contribution in [-0.2, 0) is 4.79 Å². The van der Waals surface area contributed by atoms with Gasteiger partial charge in [0.25, 0.3) is 0 Å². The molecule has 1 unspecified atom stereocenters. The van der Waals surface area contributed by atoms with E-state index in [9.17, 15) is 4.79 Å². The molecule has 0 saturated heterocycles. The molecule has 1 aliphatic carbocycles. The zero-order chi connectivity index (χ0) is 8.43. The summed E-state index contributed by atoms with van der Waals surface area (Å²) in [5, 5.41) is 9.33. The Labute approximate surface area is 74.1 Å². The molecule has 0 heterocycles. The first kappa shape index (κ1) is 8.62. The van der Waals surface area contributed by atoms with E-state index in [-0.39, 0.29) is 0 Å². The van der Waals surface area contributed by atoms with Gasteiger partial charge in [-0.05, 0) is 12.5 Å². The van der Waals surface area contributed by atoms with Crippen LogP contribution in [0.1, 0.15) is 6.42 Å². The van der Waals surface area contributed by atoms with E-state index in [1.54, 1.807) is 6.08 Å². The van der Waals surface area contributed by atoms with Gasteiger partial charge in [0.15, 0.2) is 0 Å². The van der Waals surface area contributed by atoms with Crippen molar-refractivity contribution >= 4 is 29.2 Å². The largest absolute Gasteiger partial charge is 0.481 e. The van der Waals surface area contributed by atoms with E-state index in [2.05, 4.69) is 0 Å². The van der Waals surface area contributed by atoms with Crippen molar-refractivity contribution < 1.29 is 9.90 Å². The first-order valence-corrected chi connectivity index (χ1v) is 3.83. The first-order chi connectivity index (χ1) is 5.11. The topological polar surface area (TPSA) is 37.3 Å². The Morgan fingerprint density at radius 2 is 2.18 bits per heavy atom. The van der Waals surface area contributed by atoms with Crippen molar-refractivity contribution in [1.29, 1.82) is 0 Å². The maximum absolute atomic E-state index is 10.4. The lowest BCUT2D eigenvalue weighted by Gasteiger charge is -2.10. The molecular formula is C7H6Cl2O2. The molecule has 4 heteroatoms. The minimum atomic E-state index is -0.872. The van der Waals surface area contributed by atoms with Crippen molar-refractivity contribution in [1.82, 2.24) is 0 Å². The quantitative estimate of drug-likeness (QED) is 0.693. The summed E-state index contributed by atoms with van der Waals surface area (Å²) in [5.41, 5.74) is 0. The molecular weight excluding hydrogens is 187 g/mol. The summed E-state index contributed by atoms with van der Waals surface area (Å²) in [6.45, 7) is 0. The summed E-state index contributed by atoms with van der Waals surface area (Å²) in [5.74, 6) is -1.39. The lowest BCUT2D eigenvalue weighted by molar-refractivity contribution is -0.139. The van der Waals surface area contributed by atoms with E-state index in [1.807, 2.05) is 0 Å². The summed E-state index contributed by atoms with van der Waals surface area (Å²) in [4.78, 5) is 10.4. The van der Waals surface area contributed by atoms with Gasteiger partial charge in [0.1, 0.15) is 0 Å². The van der Waals surface area contributed by atoms with Crippen LogP contribution in [0.4, 0.5) is 0 Å². The second-order valence-electron chi connectivity index (χ2n) is 2.25. The summed E-state index contributed by atoms with van der Waals surface area (Å²) in [7, 11) is 0. The van der Waals surface area contributed by atoms with E-state index in [4.69, 9.17) is 28.3 Å². The van der Waals surface area contributed by atoms with Gasteiger partial charge >= 0.3 is 5.97 Å². The Balaban J connectivity index is 2.77. The fourth-order valence-electron chi connectivity index (χ4n) is 0.824. The maximum Gasteiger partial charge on any atom is 0.310 e. The van der Waals surface area contributed by atoms with E-state index in [1.165, 1.54) is 6.08 Å². The Morgan fingerprint density at radius 1 is 1.55 bits per heavy atom. The lowest BCUT2D eigenvalue weighted by atomic mass is 10.0. The van der Waals surface area contributed by atoms with Crippen molar-refractivity contribution in [2.24, 2.45) is 5.92 Å². The number of rotatable bonds is 1. The molecule has 1 rings (SSSR count). The van der Waals surface area contributed by atoms with Gasteiger partial charge in [-0.3, -0.25) is 4.79 Å². The summed E-state index contributed by atoms with van der Waals surface area (Å²) >= 11 is 11.2. The summed E-state index contributed by atoms with van der Waals surface area (Å²) < 4.78 is 0. The predicted molar refractivity (Wildman–Crippen MR) is 43.6 cm³/mol. The molecule has 1 atom stereocenters. The Hall–Kier alpha value is -0.470. The zero-order valence-electron chi connectivity index (χ0n) is 5.55. The van der Waals surface area contributed by atoms with Crippen LogP contribution in [0.3, 0.4) is 0 Å². The third kappa shape index (κ3) is 1.98. The second-order valence-corrected chi connectivity index (χ2v) is 3.06. The van der Waals surface area contributed by atoms with Crippen LogP contribution in [-0.4, -0.2) is 11.1 Å². The number of carboxylic acid groups (broad SMARTS) is 1. The first-order valence-electron chi connectivity index (χ1n) is 3.07. The van der Waals surface area contributed by atoms with Crippen LogP contribution in [0, 0.1) is 5.92 Å². The molecule has 0 amide bonds.